The van der Waals surface area contributed by atoms with Gasteiger partial charge < -0.3 is 10.6 Å². The van der Waals surface area contributed by atoms with Crippen LogP contribution in [0.2, 0.25) is 0 Å². The fourth-order valence-electron chi connectivity index (χ4n) is 1.85. The number of nitrogens with zero attached hydrogens (tertiary/aromatic N) is 1. The normalized spacial score (nSPS) is 14.8. The summed E-state index contributed by atoms with van der Waals surface area (Å²) in [5.74, 6) is 1.23. The van der Waals surface area contributed by atoms with Gasteiger partial charge in [0.2, 0.25) is 5.91 Å². The van der Waals surface area contributed by atoms with E-state index in [-0.39, 0.29) is 11.9 Å². The van der Waals surface area contributed by atoms with Gasteiger partial charge in [0.1, 0.15) is 0 Å². The molecular formula is C14H30N2O. The molecule has 3 nitrogen and oxygen atoms in total. The van der Waals surface area contributed by atoms with Gasteiger partial charge in [0.15, 0.2) is 0 Å². The molecule has 2 unspecified atom stereocenters. The molecule has 0 saturated heterocycles. The highest BCUT2D eigenvalue weighted by molar-refractivity contribution is 5.76. The standard InChI is InChI=1S/C14H30N2O/c1-6-7-12(4)10-14(17)16(5)9-8-13(15)11(2)3/h11-13H,6-10,15H2,1-5H3. The number of hydrogen-bond donors (Lipinski definition) is 1. The van der Waals surface area contributed by atoms with Gasteiger partial charge in [-0.1, -0.05) is 40.5 Å². The van der Waals surface area contributed by atoms with Crippen molar-refractivity contribution in [2.75, 3.05) is 13.6 Å². The topological polar surface area (TPSA) is 46.3 Å². The zero-order valence-corrected chi connectivity index (χ0v) is 12.2. The van der Waals surface area contributed by atoms with Crippen molar-refractivity contribution < 1.29 is 4.79 Å². The summed E-state index contributed by atoms with van der Waals surface area (Å²) >= 11 is 0. The average Bonchev–Trinajstić information content (AvgIpc) is 2.25. The van der Waals surface area contributed by atoms with Crippen molar-refractivity contribution in [3.63, 3.8) is 0 Å². The third-order valence-electron chi connectivity index (χ3n) is 3.38. The van der Waals surface area contributed by atoms with Crippen LogP contribution < -0.4 is 5.73 Å². The first-order chi connectivity index (χ1) is 7.88. The maximum absolute atomic E-state index is 11.9. The Morgan fingerprint density at radius 3 is 2.29 bits per heavy atom. The van der Waals surface area contributed by atoms with Crippen molar-refractivity contribution in [2.24, 2.45) is 17.6 Å². The summed E-state index contributed by atoms with van der Waals surface area (Å²) in [6, 6.07) is 0.193. The molecule has 0 aromatic rings. The summed E-state index contributed by atoms with van der Waals surface area (Å²) in [6.45, 7) is 9.32. The zero-order chi connectivity index (χ0) is 13.4. The van der Waals surface area contributed by atoms with Gasteiger partial charge in [-0.2, -0.15) is 0 Å². The average molecular weight is 242 g/mol. The smallest absolute Gasteiger partial charge is 0.222 e. The fraction of sp³-hybridized carbons (Fsp3) is 0.929. The molecule has 0 aromatic carbocycles. The second-order valence-corrected chi connectivity index (χ2v) is 5.61. The molecule has 0 heterocycles. The summed E-state index contributed by atoms with van der Waals surface area (Å²) in [5.41, 5.74) is 5.98. The van der Waals surface area contributed by atoms with Gasteiger partial charge in [-0.3, -0.25) is 4.79 Å². The molecule has 3 heteroatoms. The van der Waals surface area contributed by atoms with Crippen molar-refractivity contribution in [3.05, 3.63) is 0 Å². The van der Waals surface area contributed by atoms with E-state index < -0.39 is 0 Å². The molecule has 0 aromatic heterocycles. The number of carbonyl (C=O) groups excluding carboxylic acids is 1. The van der Waals surface area contributed by atoms with Crippen LogP contribution >= 0.6 is 0 Å². The van der Waals surface area contributed by atoms with E-state index in [4.69, 9.17) is 5.73 Å². The van der Waals surface area contributed by atoms with Gasteiger partial charge in [0.25, 0.3) is 0 Å². The Labute approximate surface area is 107 Å². The minimum absolute atomic E-state index is 0.193. The molecule has 0 bridgehead atoms. The predicted octanol–water partition coefficient (Wildman–Crippen LogP) is 2.64. The SMILES string of the molecule is CCCC(C)CC(=O)N(C)CCC(N)C(C)C. The van der Waals surface area contributed by atoms with Gasteiger partial charge in [0, 0.05) is 26.1 Å². The number of amides is 1. The number of rotatable bonds is 8. The quantitative estimate of drug-likeness (QED) is 0.711. The van der Waals surface area contributed by atoms with Gasteiger partial charge in [-0.25, -0.2) is 0 Å². The molecule has 2 atom stereocenters. The molecule has 0 radical (unpaired) electrons. The lowest BCUT2D eigenvalue weighted by atomic mass is 10.0. The summed E-state index contributed by atoms with van der Waals surface area (Å²) < 4.78 is 0. The number of hydrogen-bond acceptors (Lipinski definition) is 2. The molecule has 0 spiro atoms. The maximum atomic E-state index is 11.9. The molecule has 1 amide bonds. The Hall–Kier alpha value is -0.570. The predicted molar refractivity (Wildman–Crippen MR) is 73.8 cm³/mol. The van der Waals surface area contributed by atoms with E-state index in [2.05, 4.69) is 27.7 Å². The van der Waals surface area contributed by atoms with E-state index >= 15 is 0 Å². The van der Waals surface area contributed by atoms with Crippen LogP contribution in [0.25, 0.3) is 0 Å². The van der Waals surface area contributed by atoms with Gasteiger partial charge in [-0.05, 0) is 18.3 Å². The van der Waals surface area contributed by atoms with E-state index in [0.29, 0.717) is 18.3 Å². The zero-order valence-electron chi connectivity index (χ0n) is 12.2. The summed E-state index contributed by atoms with van der Waals surface area (Å²) in [7, 11) is 1.88. The van der Waals surface area contributed by atoms with E-state index in [0.717, 1.165) is 25.8 Å². The van der Waals surface area contributed by atoms with Crippen LogP contribution in [-0.2, 0) is 4.79 Å². The Balaban J connectivity index is 3.89. The number of nitrogens with two attached hydrogens (primary N) is 1. The van der Waals surface area contributed by atoms with Crippen LogP contribution in [0.1, 0.15) is 53.4 Å². The molecular weight excluding hydrogens is 212 g/mol. The van der Waals surface area contributed by atoms with Crippen molar-refractivity contribution >= 4 is 5.91 Å². The van der Waals surface area contributed by atoms with Gasteiger partial charge in [0.05, 0.1) is 0 Å². The Morgan fingerprint density at radius 2 is 1.82 bits per heavy atom. The van der Waals surface area contributed by atoms with Crippen LogP contribution in [0.15, 0.2) is 0 Å². The lowest BCUT2D eigenvalue weighted by Crippen LogP contribution is -2.35. The van der Waals surface area contributed by atoms with E-state index in [1.165, 1.54) is 0 Å². The highest BCUT2D eigenvalue weighted by Gasteiger charge is 2.14. The van der Waals surface area contributed by atoms with Crippen LogP contribution in [0.3, 0.4) is 0 Å². The summed E-state index contributed by atoms with van der Waals surface area (Å²) in [5, 5.41) is 0. The third kappa shape index (κ3) is 7.37. The second kappa shape index (κ2) is 8.51. The molecule has 0 aliphatic rings. The minimum Gasteiger partial charge on any atom is -0.346 e. The molecule has 0 saturated carbocycles. The lowest BCUT2D eigenvalue weighted by molar-refractivity contribution is -0.130. The first-order valence-electron chi connectivity index (χ1n) is 6.88. The van der Waals surface area contributed by atoms with Crippen molar-refractivity contribution in [3.8, 4) is 0 Å². The Kier molecular flexibility index (Phi) is 8.23. The molecule has 0 aliphatic carbocycles. The second-order valence-electron chi connectivity index (χ2n) is 5.61. The van der Waals surface area contributed by atoms with Crippen LogP contribution in [0, 0.1) is 11.8 Å². The number of carbonyl (C=O) groups is 1. The van der Waals surface area contributed by atoms with Crippen LogP contribution in [-0.4, -0.2) is 30.4 Å². The minimum atomic E-state index is 0.193. The molecule has 0 rings (SSSR count). The van der Waals surface area contributed by atoms with Crippen molar-refractivity contribution in [1.82, 2.24) is 4.90 Å². The van der Waals surface area contributed by atoms with Gasteiger partial charge >= 0.3 is 0 Å². The monoisotopic (exact) mass is 242 g/mol. The Bertz CT molecular complexity index is 216. The maximum Gasteiger partial charge on any atom is 0.222 e. The summed E-state index contributed by atoms with van der Waals surface area (Å²) in [6.07, 6.45) is 3.84. The van der Waals surface area contributed by atoms with Crippen LogP contribution in [0.5, 0.6) is 0 Å². The molecule has 102 valence electrons. The van der Waals surface area contributed by atoms with Crippen LogP contribution in [0.4, 0.5) is 0 Å². The highest BCUT2D eigenvalue weighted by Crippen LogP contribution is 2.12. The summed E-state index contributed by atoms with van der Waals surface area (Å²) in [4.78, 5) is 13.7. The van der Waals surface area contributed by atoms with E-state index in [1.807, 2.05) is 11.9 Å². The van der Waals surface area contributed by atoms with E-state index in [1.54, 1.807) is 0 Å². The fourth-order valence-corrected chi connectivity index (χ4v) is 1.85. The van der Waals surface area contributed by atoms with Crippen molar-refractivity contribution in [1.29, 1.82) is 0 Å². The third-order valence-corrected chi connectivity index (χ3v) is 3.38. The highest BCUT2D eigenvalue weighted by atomic mass is 16.2. The largest absolute Gasteiger partial charge is 0.346 e. The van der Waals surface area contributed by atoms with Gasteiger partial charge in [-0.15, -0.1) is 0 Å². The molecule has 0 aliphatic heterocycles. The first kappa shape index (κ1) is 16.4. The van der Waals surface area contributed by atoms with E-state index in [9.17, 15) is 4.79 Å². The molecule has 2 N–H and O–H groups in total. The first-order valence-corrected chi connectivity index (χ1v) is 6.88. The molecule has 0 fully saturated rings. The lowest BCUT2D eigenvalue weighted by Gasteiger charge is -2.22. The molecule has 17 heavy (non-hydrogen) atoms. The Morgan fingerprint density at radius 1 is 1.24 bits per heavy atom. The van der Waals surface area contributed by atoms with Crippen molar-refractivity contribution in [2.45, 2.75) is 59.4 Å².